The molecule has 0 aliphatic carbocycles. The Balaban J connectivity index is 2.14. The number of epoxide rings is 1. The average molecular weight is 146 g/mol. The first kappa shape index (κ1) is 6.62. The summed E-state index contributed by atoms with van der Waals surface area (Å²) >= 11 is 0. The highest BCUT2D eigenvalue weighted by Gasteiger charge is 2.36. The van der Waals surface area contributed by atoms with Crippen LogP contribution in [0, 0.1) is 0 Å². The minimum atomic E-state index is 0.248. The van der Waals surface area contributed by atoms with Crippen LogP contribution >= 0.6 is 0 Å². The molecule has 0 radical (unpaired) electrons. The Morgan fingerprint density at radius 1 is 1.27 bits per heavy atom. The quantitative estimate of drug-likeness (QED) is 0.460. The molecule has 0 aromatic heterocycles. The van der Waals surface area contributed by atoms with E-state index < -0.39 is 0 Å². The molecule has 2 atom stereocenters. The fraction of sp³-hybridized carbons (Fsp3) is 0.200. The highest BCUT2D eigenvalue weighted by molar-refractivity contribution is 5.24. The van der Waals surface area contributed by atoms with Crippen molar-refractivity contribution in [1.29, 1.82) is 0 Å². The normalized spacial score (nSPS) is 28.0. The fourth-order valence-electron chi connectivity index (χ4n) is 1.21. The summed E-state index contributed by atoms with van der Waals surface area (Å²) in [6, 6.07) is 10.2. The van der Waals surface area contributed by atoms with Crippen molar-refractivity contribution in [2.24, 2.45) is 0 Å². The zero-order valence-electron chi connectivity index (χ0n) is 6.23. The van der Waals surface area contributed by atoms with Crippen molar-refractivity contribution in [1.82, 2.24) is 0 Å². The van der Waals surface area contributed by atoms with Gasteiger partial charge >= 0.3 is 0 Å². The van der Waals surface area contributed by atoms with Crippen molar-refractivity contribution in [3.63, 3.8) is 0 Å². The molecule has 11 heavy (non-hydrogen) atoms. The van der Waals surface area contributed by atoms with Gasteiger partial charge in [-0.3, -0.25) is 0 Å². The first-order valence-corrected chi connectivity index (χ1v) is 3.75. The molecular weight excluding hydrogens is 136 g/mol. The number of hydrogen-bond donors (Lipinski definition) is 0. The molecule has 1 aliphatic heterocycles. The molecule has 1 saturated heterocycles. The summed E-state index contributed by atoms with van der Waals surface area (Å²) in [6.45, 7) is 3.67. The second kappa shape index (κ2) is 2.51. The van der Waals surface area contributed by atoms with Crippen LogP contribution in [0.15, 0.2) is 43.0 Å². The van der Waals surface area contributed by atoms with E-state index in [9.17, 15) is 0 Å². The van der Waals surface area contributed by atoms with E-state index in [1.54, 1.807) is 0 Å². The van der Waals surface area contributed by atoms with E-state index in [-0.39, 0.29) is 12.2 Å². The molecule has 1 fully saturated rings. The van der Waals surface area contributed by atoms with E-state index in [1.807, 2.05) is 24.3 Å². The first-order chi connectivity index (χ1) is 5.42. The van der Waals surface area contributed by atoms with Crippen LogP contribution < -0.4 is 0 Å². The lowest BCUT2D eigenvalue weighted by molar-refractivity contribution is 0.394. The third-order valence-corrected chi connectivity index (χ3v) is 1.89. The lowest BCUT2D eigenvalue weighted by atomic mass is 10.1. The van der Waals surface area contributed by atoms with Gasteiger partial charge < -0.3 is 4.74 Å². The van der Waals surface area contributed by atoms with E-state index >= 15 is 0 Å². The second-order valence-corrected chi connectivity index (χ2v) is 2.67. The zero-order chi connectivity index (χ0) is 7.68. The first-order valence-electron chi connectivity index (χ1n) is 3.75. The summed E-state index contributed by atoms with van der Waals surface area (Å²) in [5, 5.41) is 0. The van der Waals surface area contributed by atoms with Gasteiger partial charge in [0.2, 0.25) is 0 Å². The van der Waals surface area contributed by atoms with Crippen LogP contribution in [0.25, 0.3) is 0 Å². The Bertz CT molecular complexity index is 253. The molecule has 1 heteroatoms. The van der Waals surface area contributed by atoms with Crippen LogP contribution in [-0.4, -0.2) is 6.10 Å². The van der Waals surface area contributed by atoms with Gasteiger partial charge in [0, 0.05) is 0 Å². The molecule has 0 spiro atoms. The third-order valence-electron chi connectivity index (χ3n) is 1.89. The van der Waals surface area contributed by atoms with Crippen molar-refractivity contribution >= 4 is 0 Å². The number of ether oxygens (including phenoxy) is 1. The third kappa shape index (κ3) is 1.19. The molecule has 0 N–H and O–H groups in total. The predicted octanol–water partition coefficient (Wildman–Crippen LogP) is 2.31. The van der Waals surface area contributed by atoms with E-state index in [4.69, 9.17) is 4.74 Å². The summed E-state index contributed by atoms with van der Waals surface area (Å²) in [5.74, 6) is 0. The van der Waals surface area contributed by atoms with E-state index in [1.165, 1.54) is 5.56 Å². The fourth-order valence-corrected chi connectivity index (χ4v) is 1.21. The number of benzene rings is 1. The molecule has 0 bridgehead atoms. The Morgan fingerprint density at radius 3 is 2.55 bits per heavy atom. The van der Waals surface area contributed by atoms with E-state index in [0.29, 0.717) is 0 Å². The van der Waals surface area contributed by atoms with Gasteiger partial charge in [-0.25, -0.2) is 0 Å². The minimum absolute atomic E-state index is 0.248. The Labute approximate surface area is 66.3 Å². The highest BCUT2D eigenvalue weighted by Crippen LogP contribution is 2.38. The highest BCUT2D eigenvalue weighted by atomic mass is 16.6. The molecule has 1 aromatic rings. The molecular formula is C10H10O. The van der Waals surface area contributed by atoms with Crippen molar-refractivity contribution in [2.75, 3.05) is 0 Å². The molecule has 1 heterocycles. The van der Waals surface area contributed by atoms with Gasteiger partial charge in [0.05, 0.1) is 0 Å². The maximum Gasteiger partial charge on any atom is 0.113 e. The minimum Gasteiger partial charge on any atom is -0.360 e. The predicted molar refractivity (Wildman–Crippen MR) is 44.3 cm³/mol. The Kier molecular flexibility index (Phi) is 1.51. The second-order valence-electron chi connectivity index (χ2n) is 2.67. The maximum absolute atomic E-state index is 5.33. The zero-order valence-corrected chi connectivity index (χ0v) is 6.23. The molecule has 1 aromatic carbocycles. The van der Waals surface area contributed by atoms with Crippen molar-refractivity contribution in [3.05, 3.63) is 48.6 Å². The summed E-state index contributed by atoms with van der Waals surface area (Å²) in [7, 11) is 0. The van der Waals surface area contributed by atoms with Crippen LogP contribution in [0.5, 0.6) is 0 Å². The van der Waals surface area contributed by atoms with Gasteiger partial charge in [0.1, 0.15) is 12.2 Å². The van der Waals surface area contributed by atoms with Crippen LogP contribution in [-0.2, 0) is 4.74 Å². The SMILES string of the molecule is C=CC1OC1c1ccccc1. The molecule has 0 saturated carbocycles. The molecule has 2 rings (SSSR count). The van der Waals surface area contributed by atoms with Crippen molar-refractivity contribution in [3.8, 4) is 0 Å². The smallest absolute Gasteiger partial charge is 0.113 e. The largest absolute Gasteiger partial charge is 0.360 e. The van der Waals surface area contributed by atoms with Crippen LogP contribution in [0.1, 0.15) is 11.7 Å². The number of hydrogen-bond acceptors (Lipinski definition) is 1. The van der Waals surface area contributed by atoms with Crippen molar-refractivity contribution < 1.29 is 4.74 Å². The van der Waals surface area contributed by atoms with Gasteiger partial charge in [-0.1, -0.05) is 36.4 Å². The molecule has 1 nitrogen and oxygen atoms in total. The average Bonchev–Trinajstić information content (AvgIpc) is 2.85. The van der Waals surface area contributed by atoms with Crippen LogP contribution in [0.2, 0.25) is 0 Å². The molecule has 56 valence electrons. The van der Waals surface area contributed by atoms with Gasteiger partial charge in [-0.05, 0) is 5.56 Å². The van der Waals surface area contributed by atoms with E-state index in [2.05, 4.69) is 18.7 Å². The molecule has 0 amide bonds. The monoisotopic (exact) mass is 146 g/mol. The van der Waals surface area contributed by atoms with Crippen molar-refractivity contribution in [2.45, 2.75) is 12.2 Å². The lowest BCUT2D eigenvalue weighted by Crippen LogP contribution is -1.81. The van der Waals surface area contributed by atoms with Gasteiger partial charge in [0.25, 0.3) is 0 Å². The maximum atomic E-state index is 5.33. The van der Waals surface area contributed by atoms with Crippen LogP contribution in [0.4, 0.5) is 0 Å². The van der Waals surface area contributed by atoms with Gasteiger partial charge in [-0.15, -0.1) is 6.58 Å². The van der Waals surface area contributed by atoms with E-state index in [0.717, 1.165) is 0 Å². The summed E-state index contributed by atoms with van der Waals surface area (Å²) < 4.78 is 5.33. The molecule has 1 aliphatic rings. The summed E-state index contributed by atoms with van der Waals surface area (Å²) in [5.41, 5.74) is 1.25. The molecule has 2 unspecified atom stereocenters. The number of rotatable bonds is 2. The lowest BCUT2D eigenvalue weighted by Gasteiger charge is -1.91. The van der Waals surface area contributed by atoms with Gasteiger partial charge in [0.15, 0.2) is 0 Å². The van der Waals surface area contributed by atoms with Gasteiger partial charge in [-0.2, -0.15) is 0 Å². The Morgan fingerprint density at radius 2 is 2.00 bits per heavy atom. The summed E-state index contributed by atoms with van der Waals surface area (Å²) in [6.07, 6.45) is 2.36. The van der Waals surface area contributed by atoms with Crippen LogP contribution in [0.3, 0.4) is 0 Å². The topological polar surface area (TPSA) is 12.5 Å². The standard InChI is InChI=1S/C10H10O/c1-2-9-10(11-9)8-6-4-3-5-7-8/h2-7,9-10H,1H2. The Hall–Kier alpha value is -1.08. The summed E-state index contributed by atoms with van der Waals surface area (Å²) in [4.78, 5) is 0.